The van der Waals surface area contributed by atoms with Gasteiger partial charge in [-0.15, -0.1) is 0 Å². The number of aliphatic hydroxyl groups is 1. The number of halogens is 1. The number of hydrogen-bond donors (Lipinski definition) is 1. The Morgan fingerprint density at radius 3 is 2.45 bits per heavy atom. The molecule has 0 bridgehead atoms. The quantitative estimate of drug-likeness (QED) is 0.814. The molecule has 0 unspecified atom stereocenters. The molecule has 0 saturated heterocycles. The van der Waals surface area contributed by atoms with E-state index in [-0.39, 0.29) is 6.61 Å². The van der Waals surface area contributed by atoms with Gasteiger partial charge in [0.2, 0.25) is 0 Å². The lowest BCUT2D eigenvalue weighted by atomic mass is 10.1. The summed E-state index contributed by atoms with van der Waals surface area (Å²) in [6, 6.07) is 16.4. The van der Waals surface area contributed by atoms with Gasteiger partial charge in [-0.3, -0.25) is 0 Å². The van der Waals surface area contributed by atoms with Crippen molar-refractivity contribution in [2.75, 3.05) is 11.4 Å². The van der Waals surface area contributed by atoms with E-state index in [2.05, 4.69) is 58.1 Å². The van der Waals surface area contributed by atoms with Crippen LogP contribution in [0.4, 0.5) is 11.4 Å². The second-order valence-electron chi connectivity index (χ2n) is 4.78. The third-order valence-electron chi connectivity index (χ3n) is 3.29. The van der Waals surface area contributed by atoms with Crippen LogP contribution in [0.3, 0.4) is 0 Å². The summed E-state index contributed by atoms with van der Waals surface area (Å²) in [5.41, 5.74) is 3.25. The first-order chi connectivity index (χ1) is 9.76. The van der Waals surface area contributed by atoms with Crippen LogP contribution in [0.5, 0.6) is 0 Å². The van der Waals surface area contributed by atoms with Crippen LogP contribution in [0, 0.1) is 0 Å². The van der Waals surface area contributed by atoms with E-state index in [0.29, 0.717) is 0 Å². The van der Waals surface area contributed by atoms with Crippen molar-refractivity contribution in [3.8, 4) is 0 Å². The molecule has 0 aliphatic rings. The van der Waals surface area contributed by atoms with E-state index in [9.17, 15) is 5.11 Å². The maximum atomic E-state index is 9.22. The number of hydrogen-bond acceptors (Lipinski definition) is 2. The van der Waals surface area contributed by atoms with Gasteiger partial charge in [-0.25, -0.2) is 0 Å². The molecule has 20 heavy (non-hydrogen) atoms. The van der Waals surface area contributed by atoms with Crippen LogP contribution in [-0.2, 0) is 6.61 Å². The average Bonchev–Trinajstić information content (AvgIpc) is 2.50. The van der Waals surface area contributed by atoms with Gasteiger partial charge in [0.1, 0.15) is 0 Å². The number of anilines is 2. The Kier molecular flexibility index (Phi) is 5.62. The fourth-order valence-corrected chi connectivity index (χ4v) is 2.82. The maximum absolute atomic E-state index is 9.22. The van der Waals surface area contributed by atoms with Crippen LogP contribution in [0.1, 0.15) is 25.3 Å². The van der Waals surface area contributed by atoms with E-state index in [4.69, 9.17) is 0 Å². The monoisotopic (exact) mass is 333 g/mol. The zero-order valence-corrected chi connectivity index (χ0v) is 13.3. The molecule has 3 heteroatoms. The van der Waals surface area contributed by atoms with Crippen molar-refractivity contribution in [3.05, 3.63) is 58.6 Å². The number of rotatable bonds is 6. The average molecular weight is 334 g/mol. The molecule has 0 atom stereocenters. The van der Waals surface area contributed by atoms with E-state index in [0.717, 1.165) is 35.1 Å². The smallest absolute Gasteiger partial charge is 0.0682 e. The molecule has 0 amide bonds. The highest BCUT2D eigenvalue weighted by Gasteiger charge is 2.12. The predicted octanol–water partition coefficient (Wildman–Crippen LogP) is 4.88. The second-order valence-corrected chi connectivity index (χ2v) is 5.64. The van der Waals surface area contributed by atoms with Gasteiger partial charge in [-0.1, -0.05) is 37.6 Å². The Morgan fingerprint density at radius 1 is 1.10 bits per heavy atom. The largest absolute Gasteiger partial charge is 0.392 e. The molecular formula is C17H20BrNO. The van der Waals surface area contributed by atoms with Gasteiger partial charge in [0.15, 0.2) is 0 Å². The van der Waals surface area contributed by atoms with Crippen LogP contribution < -0.4 is 4.90 Å². The van der Waals surface area contributed by atoms with Gasteiger partial charge in [0.25, 0.3) is 0 Å². The molecule has 106 valence electrons. The summed E-state index contributed by atoms with van der Waals surface area (Å²) < 4.78 is 1.02. The summed E-state index contributed by atoms with van der Waals surface area (Å²) in [6.07, 6.45) is 2.30. The van der Waals surface area contributed by atoms with Crippen molar-refractivity contribution >= 4 is 27.3 Å². The fourth-order valence-electron chi connectivity index (χ4n) is 2.18. The summed E-state index contributed by atoms with van der Waals surface area (Å²) in [4.78, 5) is 2.31. The molecule has 0 fully saturated rings. The van der Waals surface area contributed by atoms with Crippen LogP contribution in [-0.4, -0.2) is 11.7 Å². The Morgan fingerprint density at radius 2 is 1.85 bits per heavy atom. The lowest BCUT2D eigenvalue weighted by molar-refractivity contribution is 0.282. The number of benzene rings is 2. The maximum Gasteiger partial charge on any atom is 0.0682 e. The standard InChI is InChI=1S/C17H20BrNO/c1-2-3-11-19(15-7-5-4-6-8-15)17-10-9-14(13-20)12-16(17)18/h4-10,12,20H,2-3,11,13H2,1H3. The van der Waals surface area contributed by atoms with Crippen molar-refractivity contribution < 1.29 is 5.11 Å². The van der Waals surface area contributed by atoms with Gasteiger partial charge >= 0.3 is 0 Å². The molecule has 0 saturated carbocycles. The summed E-state index contributed by atoms with van der Waals surface area (Å²) >= 11 is 3.62. The third-order valence-corrected chi connectivity index (χ3v) is 3.92. The van der Waals surface area contributed by atoms with E-state index in [1.165, 1.54) is 5.69 Å². The van der Waals surface area contributed by atoms with Crippen molar-refractivity contribution in [2.24, 2.45) is 0 Å². The van der Waals surface area contributed by atoms with E-state index in [1.807, 2.05) is 18.2 Å². The minimum Gasteiger partial charge on any atom is -0.392 e. The van der Waals surface area contributed by atoms with Gasteiger partial charge in [-0.2, -0.15) is 0 Å². The molecule has 0 aliphatic carbocycles. The van der Waals surface area contributed by atoms with E-state index < -0.39 is 0 Å². The van der Waals surface area contributed by atoms with Crippen molar-refractivity contribution in [1.29, 1.82) is 0 Å². The zero-order valence-electron chi connectivity index (χ0n) is 11.7. The Labute approximate surface area is 129 Å². The van der Waals surface area contributed by atoms with Gasteiger partial charge in [0.05, 0.1) is 12.3 Å². The molecule has 0 heterocycles. The first-order valence-corrected chi connectivity index (χ1v) is 7.77. The fraction of sp³-hybridized carbons (Fsp3) is 0.294. The number of aliphatic hydroxyl groups excluding tert-OH is 1. The van der Waals surface area contributed by atoms with Crippen LogP contribution in [0.25, 0.3) is 0 Å². The van der Waals surface area contributed by atoms with Gasteiger partial charge < -0.3 is 10.0 Å². The van der Waals surface area contributed by atoms with Crippen LogP contribution >= 0.6 is 15.9 Å². The second kappa shape index (κ2) is 7.46. The highest BCUT2D eigenvalue weighted by atomic mass is 79.9. The number of unbranched alkanes of at least 4 members (excludes halogenated alkanes) is 1. The predicted molar refractivity (Wildman–Crippen MR) is 88.4 cm³/mol. The zero-order chi connectivity index (χ0) is 14.4. The van der Waals surface area contributed by atoms with E-state index in [1.54, 1.807) is 0 Å². The van der Waals surface area contributed by atoms with E-state index >= 15 is 0 Å². The number of nitrogens with zero attached hydrogens (tertiary/aromatic N) is 1. The normalized spacial score (nSPS) is 10.6. The molecular weight excluding hydrogens is 314 g/mol. The van der Waals surface area contributed by atoms with Crippen LogP contribution in [0.2, 0.25) is 0 Å². The Balaban J connectivity index is 2.36. The van der Waals surface area contributed by atoms with Gasteiger partial charge in [-0.05, 0) is 52.2 Å². The molecule has 0 spiro atoms. The van der Waals surface area contributed by atoms with Crippen molar-refractivity contribution in [3.63, 3.8) is 0 Å². The van der Waals surface area contributed by atoms with Crippen LogP contribution in [0.15, 0.2) is 53.0 Å². The lowest BCUT2D eigenvalue weighted by Crippen LogP contribution is -2.18. The topological polar surface area (TPSA) is 23.5 Å². The first kappa shape index (κ1) is 15.1. The Bertz CT molecular complexity index is 542. The minimum absolute atomic E-state index is 0.0686. The highest BCUT2D eigenvalue weighted by molar-refractivity contribution is 9.10. The third kappa shape index (κ3) is 3.62. The molecule has 0 aromatic heterocycles. The molecule has 2 aromatic carbocycles. The number of para-hydroxylation sites is 1. The highest BCUT2D eigenvalue weighted by Crippen LogP contribution is 2.33. The SMILES string of the molecule is CCCCN(c1ccccc1)c1ccc(CO)cc1Br. The Hall–Kier alpha value is -1.32. The summed E-state index contributed by atoms with van der Waals surface area (Å²) in [5, 5.41) is 9.22. The molecule has 1 N–H and O–H groups in total. The summed E-state index contributed by atoms with van der Waals surface area (Å²) in [7, 11) is 0. The first-order valence-electron chi connectivity index (χ1n) is 6.98. The van der Waals surface area contributed by atoms with Crippen molar-refractivity contribution in [2.45, 2.75) is 26.4 Å². The molecule has 2 aromatic rings. The molecule has 2 nitrogen and oxygen atoms in total. The lowest BCUT2D eigenvalue weighted by Gasteiger charge is -2.26. The summed E-state index contributed by atoms with van der Waals surface area (Å²) in [5.74, 6) is 0. The minimum atomic E-state index is 0.0686. The molecule has 0 aliphatic heterocycles. The molecule has 2 rings (SSSR count). The molecule has 0 radical (unpaired) electrons. The summed E-state index contributed by atoms with van der Waals surface area (Å²) in [6.45, 7) is 3.25. The van der Waals surface area contributed by atoms with Gasteiger partial charge in [0, 0.05) is 16.7 Å². The van der Waals surface area contributed by atoms with Crippen molar-refractivity contribution in [1.82, 2.24) is 0 Å².